The number of hydrogen-bond acceptors (Lipinski definition) is 2. The van der Waals surface area contributed by atoms with Crippen molar-refractivity contribution in [2.24, 2.45) is 0 Å². The fourth-order valence-electron chi connectivity index (χ4n) is 2.22. The van der Waals surface area contributed by atoms with Crippen LogP contribution in [0.3, 0.4) is 0 Å². The molecule has 98 valence electrons. The number of nitrogens with one attached hydrogen (secondary N) is 1. The van der Waals surface area contributed by atoms with E-state index in [0.29, 0.717) is 0 Å². The average Bonchev–Trinajstić information content (AvgIpc) is 2.57. The van der Waals surface area contributed by atoms with E-state index in [9.17, 15) is 0 Å². The molecular formula is C14H27N3. The van der Waals surface area contributed by atoms with Gasteiger partial charge in [0.1, 0.15) is 0 Å². The third kappa shape index (κ3) is 4.15. The molecule has 1 heterocycles. The van der Waals surface area contributed by atoms with E-state index in [4.69, 9.17) is 0 Å². The molecular weight excluding hydrogens is 210 g/mol. The molecule has 0 atom stereocenters. The van der Waals surface area contributed by atoms with Crippen molar-refractivity contribution in [3.8, 4) is 0 Å². The first-order valence-corrected chi connectivity index (χ1v) is 6.94. The predicted molar refractivity (Wildman–Crippen MR) is 73.5 cm³/mol. The van der Waals surface area contributed by atoms with E-state index >= 15 is 0 Å². The van der Waals surface area contributed by atoms with Crippen LogP contribution in [0.5, 0.6) is 0 Å². The highest BCUT2D eigenvalue weighted by Gasteiger charge is 2.10. The summed E-state index contributed by atoms with van der Waals surface area (Å²) in [6.45, 7) is 11.9. The van der Waals surface area contributed by atoms with Gasteiger partial charge in [-0.05, 0) is 45.3 Å². The summed E-state index contributed by atoms with van der Waals surface area (Å²) in [5.41, 5.74) is 4.00. The van der Waals surface area contributed by atoms with Crippen molar-refractivity contribution in [1.82, 2.24) is 15.1 Å². The second-order valence-electron chi connectivity index (χ2n) is 4.68. The Morgan fingerprint density at radius 3 is 2.59 bits per heavy atom. The maximum absolute atomic E-state index is 4.65. The van der Waals surface area contributed by atoms with Crippen molar-refractivity contribution in [2.75, 3.05) is 13.1 Å². The van der Waals surface area contributed by atoms with Gasteiger partial charge < -0.3 is 5.32 Å². The van der Waals surface area contributed by atoms with Crippen LogP contribution in [0.4, 0.5) is 0 Å². The first-order valence-electron chi connectivity index (χ1n) is 6.94. The molecule has 3 heteroatoms. The lowest BCUT2D eigenvalue weighted by Gasteiger charge is -2.05. The second kappa shape index (κ2) is 7.49. The quantitative estimate of drug-likeness (QED) is 0.705. The van der Waals surface area contributed by atoms with Gasteiger partial charge in [-0.2, -0.15) is 5.10 Å². The monoisotopic (exact) mass is 237 g/mol. The molecule has 0 saturated carbocycles. The van der Waals surface area contributed by atoms with Gasteiger partial charge in [-0.15, -0.1) is 0 Å². The Bertz CT molecular complexity index is 328. The molecule has 0 aliphatic carbocycles. The molecule has 0 aliphatic rings. The van der Waals surface area contributed by atoms with Crippen LogP contribution in [-0.2, 0) is 13.0 Å². The van der Waals surface area contributed by atoms with E-state index in [1.165, 1.54) is 36.2 Å². The molecule has 17 heavy (non-hydrogen) atoms. The Hall–Kier alpha value is -0.830. The summed E-state index contributed by atoms with van der Waals surface area (Å²) in [6, 6.07) is 0. The highest BCUT2D eigenvalue weighted by molar-refractivity contribution is 5.24. The van der Waals surface area contributed by atoms with Gasteiger partial charge in [0.05, 0.1) is 5.69 Å². The fourth-order valence-corrected chi connectivity index (χ4v) is 2.22. The topological polar surface area (TPSA) is 29.9 Å². The van der Waals surface area contributed by atoms with Crippen LogP contribution >= 0.6 is 0 Å². The lowest BCUT2D eigenvalue weighted by atomic mass is 10.1. The largest absolute Gasteiger partial charge is 0.317 e. The number of rotatable bonds is 8. The molecule has 0 amide bonds. The van der Waals surface area contributed by atoms with Gasteiger partial charge in [0.2, 0.25) is 0 Å². The molecule has 0 aromatic carbocycles. The normalized spacial score (nSPS) is 11.1. The third-order valence-electron chi connectivity index (χ3n) is 3.31. The Morgan fingerprint density at radius 2 is 1.94 bits per heavy atom. The Morgan fingerprint density at radius 1 is 1.18 bits per heavy atom. The van der Waals surface area contributed by atoms with Crippen molar-refractivity contribution in [3.05, 3.63) is 17.0 Å². The van der Waals surface area contributed by atoms with Crippen LogP contribution in [-0.4, -0.2) is 22.9 Å². The summed E-state index contributed by atoms with van der Waals surface area (Å²) in [7, 11) is 0. The minimum Gasteiger partial charge on any atom is -0.317 e. The molecule has 3 nitrogen and oxygen atoms in total. The molecule has 0 aliphatic heterocycles. The van der Waals surface area contributed by atoms with Gasteiger partial charge in [-0.1, -0.05) is 26.7 Å². The third-order valence-corrected chi connectivity index (χ3v) is 3.31. The molecule has 1 aromatic rings. The van der Waals surface area contributed by atoms with Crippen LogP contribution in [0.15, 0.2) is 0 Å². The van der Waals surface area contributed by atoms with Crippen LogP contribution in [0.1, 0.15) is 50.1 Å². The standard InChI is InChI=1S/C14H27N3/c1-5-7-8-11-17-13(4)14(12(3)16-17)9-10-15-6-2/h15H,5-11H2,1-4H3. The zero-order valence-electron chi connectivity index (χ0n) is 11.8. The summed E-state index contributed by atoms with van der Waals surface area (Å²) in [4.78, 5) is 0. The number of hydrogen-bond donors (Lipinski definition) is 1. The minimum absolute atomic E-state index is 1.04. The maximum Gasteiger partial charge on any atom is 0.0628 e. The lowest BCUT2D eigenvalue weighted by Crippen LogP contribution is -2.16. The molecule has 0 saturated heterocycles. The van der Waals surface area contributed by atoms with Crippen molar-refractivity contribution in [1.29, 1.82) is 0 Å². The lowest BCUT2D eigenvalue weighted by molar-refractivity contribution is 0.539. The Labute approximate surface area is 106 Å². The molecule has 0 radical (unpaired) electrons. The molecule has 0 spiro atoms. The fraction of sp³-hybridized carbons (Fsp3) is 0.786. The Balaban J connectivity index is 2.58. The van der Waals surface area contributed by atoms with E-state index in [0.717, 1.165) is 26.1 Å². The highest BCUT2D eigenvalue weighted by Crippen LogP contribution is 2.14. The molecule has 1 rings (SSSR count). The zero-order valence-corrected chi connectivity index (χ0v) is 11.8. The predicted octanol–water partition coefficient (Wildman–Crippen LogP) is 2.84. The SMILES string of the molecule is CCCCCn1nc(C)c(CCNCC)c1C. The van der Waals surface area contributed by atoms with Gasteiger partial charge in [-0.25, -0.2) is 0 Å². The van der Waals surface area contributed by atoms with Crippen LogP contribution in [0, 0.1) is 13.8 Å². The number of aromatic nitrogens is 2. The number of unbranched alkanes of at least 4 members (excludes halogenated alkanes) is 2. The van der Waals surface area contributed by atoms with E-state index < -0.39 is 0 Å². The van der Waals surface area contributed by atoms with Gasteiger partial charge in [0, 0.05) is 12.2 Å². The number of nitrogens with zero attached hydrogens (tertiary/aromatic N) is 2. The number of aryl methyl sites for hydroxylation is 2. The number of likely N-dealkylation sites (N-methyl/N-ethyl adjacent to an activating group) is 1. The zero-order chi connectivity index (χ0) is 12.7. The average molecular weight is 237 g/mol. The van der Waals surface area contributed by atoms with Crippen molar-refractivity contribution < 1.29 is 0 Å². The Kier molecular flexibility index (Phi) is 6.27. The van der Waals surface area contributed by atoms with Crippen molar-refractivity contribution in [3.63, 3.8) is 0 Å². The summed E-state index contributed by atoms with van der Waals surface area (Å²) in [5, 5.41) is 8.03. The first kappa shape index (κ1) is 14.2. The van der Waals surface area contributed by atoms with E-state index in [1.807, 2.05) is 0 Å². The van der Waals surface area contributed by atoms with E-state index in [2.05, 4.69) is 42.8 Å². The molecule has 1 N–H and O–H groups in total. The van der Waals surface area contributed by atoms with Crippen LogP contribution in [0.2, 0.25) is 0 Å². The molecule has 0 bridgehead atoms. The van der Waals surface area contributed by atoms with Gasteiger partial charge in [0.15, 0.2) is 0 Å². The first-order chi connectivity index (χ1) is 8.20. The van der Waals surface area contributed by atoms with E-state index in [1.54, 1.807) is 0 Å². The summed E-state index contributed by atoms with van der Waals surface area (Å²) in [6.07, 6.45) is 4.90. The van der Waals surface area contributed by atoms with Crippen LogP contribution < -0.4 is 5.32 Å². The molecule has 1 aromatic heterocycles. The van der Waals surface area contributed by atoms with Gasteiger partial charge >= 0.3 is 0 Å². The van der Waals surface area contributed by atoms with Crippen LogP contribution in [0.25, 0.3) is 0 Å². The highest BCUT2D eigenvalue weighted by atomic mass is 15.3. The van der Waals surface area contributed by atoms with Gasteiger partial charge in [-0.3, -0.25) is 4.68 Å². The summed E-state index contributed by atoms with van der Waals surface area (Å²) in [5.74, 6) is 0. The van der Waals surface area contributed by atoms with E-state index in [-0.39, 0.29) is 0 Å². The van der Waals surface area contributed by atoms with Crippen molar-refractivity contribution >= 4 is 0 Å². The second-order valence-corrected chi connectivity index (χ2v) is 4.68. The summed E-state index contributed by atoms with van der Waals surface area (Å²) >= 11 is 0. The maximum atomic E-state index is 4.65. The minimum atomic E-state index is 1.04. The molecule has 0 fully saturated rings. The summed E-state index contributed by atoms with van der Waals surface area (Å²) < 4.78 is 2.19. The molecule has 0 unspecified atom stereocenters. The van der Waals surface area contributed by atoms with Gasteiger partial charge in [0.25, 0.3) is 0 Å². The smallest absolute Gasteiger partial charge is 0.0628 e. The van der Waals surface area contributed by atoms with Crippen molar-refractivity contribution in [2.45, 2.75) is 59.9 Å².